The zero-order valence-corrected chi connectivity index (χ0v) is 13.4. The third-order valence-corrected chi connectivity index (χ3v) is 5.20. The van der Waals surface area contributed by atoms with Crippen LogP contribution in [0.1, 0.15) is 19.8 Å². The quantitative estimate of drug-likeness (QED) is 0.684. The highest BCUT2D eigenvalue weighted by Crippen LogP contribution is 2.23. The number of likely N-dealkylation sites (tertiary alicyclic amines) is 1. The van der Waals surface area contributed by atoms with Gasteiger partial charge in [0.2, 0.25) is 10.0 Å². The van der Waals surface area contributed by atoms with Crippen molar-refractivity contribution in [3.63, 3.8) is 0 Å². The second-order valence-electron chi connectivity index (χ2n) is 5.51. The predicted octanol–water partition coefficient (Wildman–Crippen LogP) is 1.07. The van der Waals surface area contributed by atoms with Gasteiger partial charge in [0.25, 0.3) is 0 Å². The van der Waals surface area contributed by atoms with Crippen LogP contribution in [-0.4, -0.2) is 46.0 Å². The molecule has 0 saturated carbocycles. The molecule has 1 heterocycles. The highest BCUT2D eigenvalue weighted by atomic mass is 32.2. The van der Waals surface area contributed by atoms with Crippen molar-refractivity contribution in [1.29, 1.82) is 0 Å². The van der Waals surface area contributed by atoms with E-state index < -0.39 is 10.0 Å². The van der Waals surface area contributed by atoms with Crippen molar-refractivity contribution in [2.24, 2.45) is 0 Å². The monoisotopic (exact) mass is 312 g/mol. The molecule has 21 heavy (non-hydrogen) atoms. The van der Waals surface area contributed by atoms with Crippen LogP contribution in [0.15, 0.2) is 23.1 Å². The summed E-state index contributed by atoms with van der Waals surface area (Å²) in [6, 6.07) is 5.24. The summed E-state index contributed by atoms with van der Waals surface area (Å²) in [4.78, 5) is 2.55. The van der Waals surface area contributed by atoms with Crippen LogP contribution in [0, 0.1) is 0 Å². The van der Waals surface area contributed by atoms with Gasteiger partial charge in [-0.15, -0.1) is 0 Å². The maximum Gasteiger partial charge on any atom is 0.242 e. The molecule has 2 rings (SSSR count). The van der Waals surface area contributed by atoms with E-state index in [9.17, 15) is 8.42 Å². The van der Waals surface area contributed by atoms with Crippen LogP contribution in [0.2, 0.25) is 0 Å². The summed E-state index contributed by atoms with van der Waals surface area (Å²) in [6.07, 6.45) is 2.55. The topological polar surface area (TPSA) is 87.5 Å². The Hall–Kier alpha value is -1.31. The third kappa shape index (κ3) is 4.09. The van der Waals surface area contributed by atoms with Crippen LogP contribution in [-0.2, 0) is 10.0 Å². The van der Waals surface area contributed by atoms with E-state index in [1.54, 1.807) is 12.1 Å². The van der Waals surface area contributed by atoms with E-state index in [-0.39, 0.29) is 16.6 Å². The first-order chi connectivity index (χ1) is 9.92. The fourth-order valence-electron chi connectivity index (χ4n) is 2.68. The van der Waals surface area contributed by atoms with Crippen LogP contribution in [0.25, 0.3) is 0 Å². The van der Waals surface area contributed by atoms with Crippen molar-refractivity contribution in [1.82, 2.24) is 9.62 Å². The van der Waals surface area contributed by atoms with Crippen LogP contribution >= 0.6 is 0 Å². The summed E-state index contributed by atoms with van der Waals surface area (Å²) in [6.45, 7) is 5.42. The molecule has 0 spiro atoms. The van der Waals surface area contributed by atoms with Gasteiger partial charge in [-0.2, -0.15) is 0 Å². The van der Waals surface area contributed by atoms with E-state index in [0.29, 0.717) is 0 Å². The number of benzene rings is 1. The molecule has 0 amide bonds. The lowest BCUT2D eigenvalue weighted by molar-refractivity contribution is 0.328. The van der Waals surface area contributed by atoms with Gasteiger partial charge in [-0.3, -0.25) is 0 Å². The highest BCUT2D eigenvalue weighted by molar-refractivity contribution is 7.89. The van der Waals surface area contributed by atoms with Crippen LogP contribution < -0.4 is 15.8 Å². The first-order valence-corrected chi connectivity index (χ1v) is 8.72. The summed E-state index contributed by atoms with van der Waals surface area (Å²) in [7, 11) is -2.13. The molecule has 7 heteroatoms. The molecule has 1 aromatic carbocycles. The molecule has 1 saturated heterocycles. The summed E-state index contributed by atoms with van der Waals surface area (Å²) in [5.74, 6) is 0. The van der Waals surface area contributed by atoms with Gasteiger partial charge in [0.05, 0.1) is 5.69 Å². The number of anilines is 2. The van der Waals surface area contributed by atoms with Gasteiger partial charge in [0, 0.05) is 18.3 Å². The summed E-state index contributed by atoms with van der Waals surface area (Å²) < 4.78 is 25.8. The molecule has 1 aliphatic heterocycles. The van der Waals surface area contributed by atoms with Crippen LogP contribution in [0.3, 0.4) is 0 Å². The number of sulfonamides is 1. The van der Waals surface area contributed by atoms with Gasteiger partial charge < -0.3 is 16.0 Å². The molecular weight excluding hydrogens is 288 g/mol. The smallest absolute Gasteiger partial charge is 0.242 e. The van der Waals surface area contributed by atoms with Crippen molar-refractivity contribution in [2.75, 3.05) is 37.7 Å². The van der Waals surface area contributed by atoms with E-state index in [2.05, 4.69) is 21.9 Å². The highest BCUT2D eigenvalue weighted by Gasteiger charge is 2.17. The summed E-state index contributed by atoms with van der Waals surface area (Å²) in [5.41, 5.74) is 6.95. The molecular formula is C14H24N4O2S. The molecule has 6 nitrogen and oxygen atoms in total. The Morgan fingerprint density at radius 2 is 2.00 bits per heavy atom. The number of hydrogen-bond donors (Lipinski definition) is 3. The van der Waals surface area contributed by atoms with E-state index in [4.69, 9.17) is 5.73 Å². The van der Waals surface area contributed by atoms with Gasteiger partial charge in [0.1, 0.15) is 4.90 Å². The first-order valence-electron chi connectivity index (χ1n) is 7.24. The van der Waals surface area contributed by atoms with Crippen molar-refractivity contribution in [3.8, 4) is 0 Å². The average Bonchev–Trinajstić information content (AvgIpc) is 2.91. The molecule has 0 radical (unpaired) electrons. The maximum absolute atomic E-state index is 11.8. The Labute approximate surface area is 126 Å². The summed E-state index contributed by atoms with van der Waals surface area (Å²) >= 11 is 0. The van der Waals surface area contributed by atoms with Gasteiger partial charge in [-0.05, 0) is 58.1 Å². The third-order valence-electron chi connectivity index (χ3n) is 3.71. The number of nitrogens with two attached hydrogens (primary N) is 1. The Kier molecular flexibility index (Phi) is 5.08. The minimum atomic E-state index is -3.50. The van der Waals surface area contributed by atoms with Crippen molar-refractivity contribution in [3.05, 3.63) is 18.2 Å². The van der Waals surface area contributed by atoms with Gasteiger partial charge >= 0.3 is 0 Å². The molecule has 0 bridgehead atoms. The van der Waals surface area contributed by atoms with Gasteiger partial charge in [0.15, 0.2) is 0 Å². The Morgan fingerprint density at radius 1 is 1.33 bits per heavy atom. The largest absolute Gasteiger partial charge is 0.398 e. The summed E-state index contributed by atoms with van der Waals surface area (Å²) in [5, 5.41) is 3.37. The lowest BCUT2D eigenvalue weighted by atomic mass is 10.2. The normalized spacial score (nSPS) is 17.8. The number of rotatable bonds is 6. The lowest BCUT2D eigenvalue weighted by Crippen LogP contribution is -2.33. The molecule has 0 aliphatic carbocycles. The SMILES string of the molecule is CNS(=O)(=O)c1ccc(NC(C)CN2CCCC2)cc1N. The molecule has 1 unspecified atom stereocenters. The van der Waals surface area contributed by atoms with Crippen molar-refractivity contribution < 1.29 is 8.42 Å². The van der Waals surface area contributed by atoms with E-state index in [1.807, 2.05) is 0 Å². The molecule has 1 aliphatic rings. The van der Waals surface area contributed by atoms with Crippen LogP contribution in [0.5, 0.6) is 0 Å². The second-order valence-corrected chi connectivity index (χ2v) is 7.37. The zero-order valence-electron chi connectivity index (χ0n) is 12.6. The van der Waals surface area contributed by atoms with Gasteiger partial charge in [-0.25, -0.2) is 13.1 Å². The molecule has 4 N–H and O–H groups in total. The zero-order chi connectivity index (χ0) is 15.5. The number of nitrogen functional groups attached to an aromatic ring is 1. The predicted molar refractivity (Wildman–Crippen MR) is 85.9 cm³/mol. The molecule has 0 aromatic heterocycles. The van der Waals surface area contributed by atoms with E-state index >= 15 is 0 Å². The number of nitrogens with one attached hydrogen (secondary N) is 2. The number of nitrogens with zero attached hydrogens (tertiary/aromatic N) is 1. The second kappa shape index (κ2) is 6.64. The fraction of sp³-hybridized carbons (Fsp3) is 0.571. The fourth-order valence-corrected chi connectivity index (χ4v) is 3.51. The molecule has 1 atom stereocenters. The average molecular weight is 312 g/mol. The van der Waals surface area contributed by atoms with Crippen LogP contribution in [0.4, 0.5) is 11.4 Å². The van der Waals surface area contributed by atoms with E-state index in [1.165, 1.54) is 26.0 Å². The maximum atomic E-state index is 11.8. The Balaban J connectivity index is 2.02. The van der Waals surface area contributed by atoms with Crippen molar-refractivity contribution >= 4 is 21.4 Å². The lowest BCUT2D eigenvalue weighted by Gasteiger charge is -2.22. The Morgan fingerprint density at radius 3 is 2.57 bits per heavy atom. The van der Waals surface area contributed by atoms with Gasteiger partial charge in [-0.1, -0.05) is 0 Å². The number of hydrogen-bond acceptors (Lipinski definition) is 5. The van der Waals surface area contributed by atoms with E-state index in [0.717, 1.165) is 25.3 Å². The first kappa shape index (κ1) is 16.1. The van der Waals surface area contributed by atoms with Crippen molar-refractivity contribution in [2.45, 2.75) is 30.7 Å². The molecule has 118 valence electrons. The molecule has 1 fully saturated rings. The minimum Gasteiger partial charge on any atom is -0.398 e. The standard InChI is InChI=1S/C14H24N4O2S/c1-11(10-18-7-3-4-8-18)17-12-5-6-14(13(15)9-12)21(19,20)16-2/h5-6,9,11,16-17H,3-4,7-8,10,15H2,1-2H3. The minimum absolute atomic E-state index is 0.114. The Bertz CT molecular complexity index is 583. The molecule has 1 aromatic rings.